The van der Waals surface area contributed by atoms with E-state index in [-0.39, 0.29) is 24.4 Å². The third-order valence-corrected chi connectivity index (χ3v) is 2.59. The largest absolute Gasteiger partial charge is 0.465 e. The molecule has 0 saturated carbocycles. The molecule has 1 atom stereocenters. The van der Waals surface area contributed by atoms with Gasteiger partial charge in [0.2, 0.25) is 11.8 Å². The van der Waals surface area contributed by atoms with Crippen LogP contribution < -0.4 is 10.6 Å². The minimum Gasteiger partial charge on any atom is -0.465 e. The molecule has 2 amide bonds. The summed E-state index contributed by atoms with van der Waals surface area (Å²) < 4.78 is 10.0. The molecule has 1 unspecified atom stereocenters. The summed E-state index contributed by atoms with van der Waals surface area (Å²) >= 11 is 0. The van der Waals surface area contributed by atoms with Crippen LogP contribution in [0.5, 0.6) is 0 Å². The van der Waals surface area contributed by atoms with Crippen LogP contribution in [0.15, 0.2) is 28.9 Å². The lowest BCUT2D eigenvalue weighted by atomic mass is 10.2. The first-order valence-electron chi connectivity index (χ1n) is 6.43. The number of hydrogen-bond donors (Lipinski definition) is 2. The molecular weight excluding hydrogens is 260 g/mol. The summed E-state index contributed by atoms with van der Waals surface area (Å²) in [5.74, 6) is -0.0132. The molecule has 2 N–H and O–H groups in total. The number of ether oxygens (including phenoxy) is 1. The molecule has 0 aromatic carbocycles. The van der Waals surface area contributed by atoms with E-state index in [2.05, 4.69) is 10.6 Å². The summed E-state index contributed by atoms with van der Waals surface area (Å²) in [5.41, 5.74) is 0. The fraction of sp³-hybridized carbons (Fsp3) is 0.429. The third-order valence-electron chi connectivity index (χ3n) is 2.59. The van der Waals surface area contributed by atoms with Crippen molar-refractivity contribution in [2.45, 2.75) is 19.4 Å². The van der Waals surface area contributed by atoms with Gasteiger partial charge < -0.3 is 19.8 Å². The van der Waals surface area contributed by atoms with Gasteiger partial charge in [-0.25, -0.2) is 0 Å². The predicted molar refractivity (Wildman–Crippen MR) is 74.8 cm³/mol. The van der Waals surface area contributed by atoms with Gasteiger partial charge in [-0.15, -0.1) is 0 Å². The van der Waals surface area contributed by atoms with Crippen LogP contribution in [-0.4, -0.2) is 38.1 Å². The fourth-order valence-electron chi connectivity index (χ4n) is 1.51. The Bertz CT molecular complexity index is 440. The number of nitrogens with one attached hydrogen (secondary N) is 2. The van der Waals surface area contributed by atoms with Crippen LogP contribution in [0.3, 0.4) is 0 Å². The molecule has 6 nitrogen and oxygen atoms in total. The Morgan fingerprint density at radius 1 is 1.50 bits per heavy atom. The highest BCUT2D eigenvalue weighted by Gasteiger charge is 2.10. The standard InChI is InChI=1S/C14H20N2O4/c1-3-11(10-19-2)16-14(18)9-15-13(17)7-6-12-5-4-8-20-12/h4-8,11H,3,9-10H2,1-2H3,(H,15,17)(H,16,18)/b7-6+. The van der Waals surface area contributed by atoms with Crippen LogP contribution in [0.1, 0.15) is 19.1 Å². The molecule has 0 aliphatic carbocycles. The van der Waals surface area contributed by atoms with Gasteiger partial charge in [0.05, 0.1) is 25.5 Å². The van der Waals surface area contributed by atoms with Crippen molar-refractivity contribution in [1.29, 1.82) is 0 Å². The number of hydrogen-bond acceptors (Lipinski definition) is 4. The second kappa shape index (κ2) is 8.92. The summed E-state index contributed by atoms with van der Waals surface area (Å²) in [4.78, 5) is 23.1. The van der Waals surface area contributed by atoms with Crippen molar-refractivity contribution < 1.29 is 18.7 Å². The molecule has 0 spiro atoms. The maximum absolute atomic E-state index is 11.6. The zero-order valence-electron chi connectivity index (χ0n) is 11.7. The topological polar surface area (TPSA) is 80.6 Å². The first kappa shape index (κ1) is 16.0. The van der Waals surface area contributed by atoms with Crippen LogP contribution in [0, 0.1) is 0 Å². The van der Waals surface area contributed by atoms with E-state index in [1.165, 1.54) is 18.4 Å². The van der Waals surface area contributed by atoms with Crippen molar-refractivity contribution in [3.05, 3.63) is 30.2 Å². The minimum absolute atomic E-state index is 0.0388. The molecule has 0 aliphatic heterocycles. The highest BCUT2D eigenvalue weighted by atomic mass is 16.5. The van der Waals surface area contributed by atoms with E-state index < -0.39 is 0 Å². The Balaban J connectivity index is 2.28. The van der Waals surface area contributed by atoms with Crippen LogP contribution in [0.2, 0.25) is 0 Å². The molecule has 0 aliphatic rings. The van der Waals surface area contributed by atoms with Crippen molar-refractivity contribution >= 4 is 17.9 Å². The number of carbonyl (C=O) groups is 2. The minimum atomic E-state index is -0.351. The maximum atomic E-state index is 11.6. The van der Waals surface area contributed by atoms with Gasteiger partial charge in [0.25, 0.3) is 0 Å². The average Bonchev–Trinajstić information content (AvgIpc) is 2.95. The summed E-state index contributed by atoms with van der Waals surface area (Å²) in [7, 11) is 1.58. The van der Waals surface area contributed by atoms with Crippen molar-refractivity contribution in [3.63, 3.8) is 0 Å². The molecule has 0 radical (unpaired) electrons. The molecule has 0 saturated heterocycles. The second-order valence-electron chi connectivity index (χ2n) is 4.19. The average molecular weight is 280 g/mol. The number of rotatable bonds is 8. The van der Waals surface area contributed by atoms with E-state index in [4.69, 9.17) is 9.15 Å². The Labute approximate surface area is 118 Å². The van der Waals surface area contributed by atoms with Gasteiger partial charge in [-0.2, -0.15) is 0 Å². The first-order chi connectivity index (χ1) is 9.65. The third kappa shape index (κ3) is 6.19. The number of carbonyl (C=O) groups excluding carboxylic acids is 2. The molecule has 1 aromatic rings. The monoisotopic (exact) mass is 280 g/mol. The summed E-state index contributed by atoms with van der Waals surface area (Å²) in [5, 5.41) is 5.27. The van der Waals surface area contributed by atoms with Crippen molar-refractivity contribution in [1.82, 2.24) is 10.6 Å². The Morgan fingerprint density at radius 3 is 2.90 bits per heavy atom. The molecule has 6 heteroatoms. The molecule has 20 heavy (non-hydrogen) atoms. The molecule has 0 bridgehead atoms. The van der Waals surface area contributed by atoms with E-state index in [1.807, 2.05) is 6.92 Å². The highest BCUT2D eigenvalue weighted by molar-refractivity contribution is 5.94. The normalized spacial score (nSPS) is 12.3. The summed E-state index contributed by atoms with van der Waals surface area (Å²) in [6, 6.07) is 3.42. The fourth-order valence-corrected chi connectivity index (χ4v) is 1.51. The lowest BCUT2D eigenvalue weighted by Gasteiger charge is -2.15. The van der Waals surface area contributed by atoms with Gasteiger partial charge in [-0.3, -0.25) is 9.59 Å². The van der Waals surface area contributed by atoms with Crippen molar-refractivity contribution in [3.8, 4) is 0 Å². The van der Waals surface area contributed by atoms with Crippen molar-refractivity contribution in [2.24, 2.45) is 0 Å². The lowest BCUT2D eigenvalue weighted by molar-refractivity contribution is -0.124. The SMILES string of the molecule is CCC(COC)NC(=O)CNC(=O)/C=C/c1ccco1. The Hall–Kier alpha value is -2.08. The smallest absolute Gasteiger partial charge is 0.244 e. The van der Waals surface area contributed by atoms with Crippen LogP contribution in [0.25, 0.3) is 6.08 Å². The lowest BCUT2D eigenvalue weighted by Crippen LogP contribution is -2.43. The van der Waals surface area contributed by atoms with Gasteiger partial charge in [0.15, 0.2) is 0 Å². The maximum Gasteiger partial charge on any atom is 0.244 e. The van der Waals surface area contributed by atoms with E-state index >= 15 is 0 Å². The number of furan rings is 1. The van der Waals surface area contributed by atoms with E-state index in [1.54, 1.807) is 19.2 Å². The molecule has 1 heterocycles. The zero-order valence-corrected chi connectivity index (χ0v) is 11.7. The van der Waals surface area contributed by atoms with Crippen LogP contribution in [0.4, 0.5) is 0 Å². The van der Waals surface area contributed by atoms with E-state index in [9.17, 15) is 9.59 Å². The van der Waals surface area contributed by atoms with Crippen LogP contribution >= 0.6 is 0 Å². The second-order valence-corrected chi connectivity index (χ2v) is 4.19. The van der Waals surface area contributed by atoms with Gasteiger partial charge in [0.1, 0.15) is 5.76 Å². The number of amides is 2. The summed E-state index contributed by atoms with van der Waals surface area (Å²) in [6.45, 7) is 2.34. The Morgan fingerprint density at radius 2 is 2.30 bits per heavy atom. The number of methoxy groups -OCH3 is 1. The van der Waals surface area contributed by atoms with Gasteiger partial charge in [-0.05, 0) is 24.6 Å². The molecule has 1 aromatic heterocycles. The molecule has 110 valence electrons. The highest BCUT2D eigenvalue weighted by Crippen LogP contribution is 2.01. The van der Waals surface area contributed by atoms with Crippen molar-refractivity contribution in [2.75, 3.05) is 20.3 Å². The van der Waals surface area contributed by atoms with Gasteiger partial charge in [0, 0.05) is 13.2 Å². The van der Waals surface area contributed by atoms with Gasteiger partial charge in [-0.1, -0.05) is 6.92 Å². The Kier molecular flexibility index (Phi) is 7.13. The van der Waals surface area contributed by atoms with Gasteiger partial charge >= 0.3 is 0 Å². The van der Waals surface area contributed by atoms with E-state index in [0.717, 1.165) is 6.42 Å². The molecule has 1 rings (SSSR count). The summed E-state index contributed by atoms with van der Waals surface area (Å²) in [6.07, 6.45) is 5.14. The van der Waals surface area contributed by atoms with Crippen LogP contribution in [-0.2, 0) is 14.3 Å². The molecule has 0 fully saturated rings. The predicted octanol–water partition coefficient (Wildman–Crippen LogP) is 0.950. The van der Waals surface area contributed by atoms with E-state index in [0.29, 0.717) is 12.4 Å². The molecular formula is C14H20N2O4. The zero-order chi connectivity index (χ0) is 14.8. The first-order valence-corrected chi connectivity index (χ1v) is 6.43. The quantitative estimate of drug-likeness (QED) is 0.695.